The number of hydrogen-bond donors (Lipinski definition) is 3. The van der Waals surface area contributed by atoms with Crippen molar-refractivity contribution in [3.05, 3.63) is 0 Å². The third-order valence-corrected chi connectivity index (χ3v) is 1.85. The van der Waals surface area contributed by atoms with Crippen LogP contribution in [0.15, 0.2) is 0 Å². The lowest BCUT2D eigenvalue weighted by molar-refractivity contribution is -0.141. The summed E-state index contributed by atoms with van der Waals surface area (Å²) in [4.78, 5) is 10.3. The van der Waals surface area contributed by atoms with Crippen molar-refractivity contribution in [3.8, 4) is 0 Å². The van der Waals surface area contributed by atoms with Crippen LogP contribution in [-0.4, -0.2) is 34.9 Å². The van der Waals surface area contributed by atoms with Crippen LogP contribution in [0.5, 0.6) is 0 Å². The standard InChI is InChI=1S/C6H11NO3/c1-3-2-7-4(5(3)8)6(9)10/h3-5,7-8H,2H2,1H3,(H,9,10)/t3-,4?,5-/m0/s1. The maximum Gasteiger partial charge on any atom is 0.323 e. The number of carboxylic acid groups (broad SMARTS) is 1. The van der Waals surface area contributed by atoms with Crippen molar-refractivity contribution in [3.63, 3.8) is 0 Å². The second-order valence-electron chi connectivity index (χ2n) is 2.69. The fourth-order valence-corrected chi connectivity index (χ4v) is 1.12. The van der Waals surface area contributed by atoms with E-state index in [1.807, 2.05) is 6.92 Å². The Hall–Kier alpha value is -0.610. The van der Waals surface area contributed by atoms with E-state index in [2.05, 4.69) is 5.32 Å². The van der Waals surface area contributed by atoms with E-state index in [1.165, 1.54) is 0 Å². The van der Waals surface area contributed by atoms with Crippen molar-refractivity contribution in [2.24, 2.45) is 5.92 Å². The molecule has 4 heteroatoms. The summed E-state index contributed by atoms with van der Waals surface area (Å²) in [6, 6.07) is -0.769. The maximum atomic E-state index is 10.3. The SMILES string of the molecule is C[C@H]1CNC(C(=O)O)[C@H]1O. The first-order chi connectivity index (χ1) is 4.63. The number of hydrogen-bond acceptors (Lipinski definition) is 3. The molecule has 1 aliphatic rings. The molecule has 58 valence electrons. The molecule has 3 N–H and O–H groups in total. The van der Waals surface area contributed by atoms with Gasteiger partial charge in [0.25, 0.3) is 0 Å². The number of carboxylic acids is 1. The van der Waals surface area contributed by atoms with E-state index in [9.17, 15) is 9.90 Å². The molecule has 1 aliphatic heterocycles. The Bertz CT molecular complexity index is 148. The molecule has 0 aromatic heterocycles. The van der Waals surface area contributed by atoms with Crippen LogP contribution in [0.2, 0.25) is 0 Å². The molecule has 0 radical (unpaired) electrons. The molecule has 10 heavy (non-hydrogen) atoms. The highest BCUT2D eigenvalue weighted by Crippen LogP contribution is 2.13. The van der Waals surface area contributed by atoms with Gasteiger partial charge in [-0.25, -0.2) is 0 Å². The normalized spacial score (nSPS) is 40.0. The van der Waals surface area contributed by atoms with Crippen LogP contribution in [0.3, 0.4) is 0 Å². The van der Waals surface area contributed by atoms with Gasteiger partial charge in [-0.05, 0) is 5.92 Å². The van der Waals surface area contributed by atoms with E-state index in [0.717, 1.165) is 0 Å². The highest BCUT2D eigenvalue weighted by molar-refractivity contribution is 5.74. The van der Waals surface area contributed by atoms with Gasteiger partial charge in [-0.1, -0.05) is 6.92 Å². The van der Waals surface area contributed by atoms with Crippen molar-refractivity contribution in [2.75, 3.05) is 6.54 Å². The summed E-state index contributed by atoms with van der Waals surface area (Å²) in [7, 11) is 0. The summed E-state index contributed by atoms with van der Waals surface area (Å²) >= 11 is 0. The van der Waals surface area contributed by atoms with Gasteiger partial charge in [0.1, 0.15) is 6.04 Å². The van der Waals surface area contributed by atoms with Gasteiger partial charge in [0, 0.05) is 6.54 Å². The lowest BCUT2D eigenvalue weighted by Crippen LogP contribution is -2.38. The minimum atomic E-state index is -0.975. The predicted molar refractivity (Wildman–Crippen MR) is 34.6 cm³/mol. The molecule has 0 saturated carbocycles. The van der Waals surface area contributed by atoms with Crippen LogP contribution in [-0.2, 0) is 4.79 Å². The monoisotopic (exact) mass is 145 g/mol. The Kier molecular flexibility index (Phi) is 1.92. The summed E-state index contributed by atoms with van der Waals surface area (Å²) in [5, 5.41) is 20.4. The predicted octanol–water partition coefficient (Wildman–Crippen LogP) is -0.960. The Morgan fingerprint density at radius 3 is 2.50 bits per heavy atom. The lowest BCUT2D eigenvalue weighted by atomic mass is 10.0. The van der Waals surface area contributed by atoms with E-state index in [4.69, 9.17) is 5.11 Å². The molecule has 1 saturated heterocycles. The number of aliphatic carboxylic acids is 1. The molecule has 1 unspecified atom stereocenters. The zero-order valence-electron chi connectivity index (χ0n) is 5.74. The highest BCUT2D eigenvalue weighted by atomic mass is 16.4. The van der Waals surface area contributed by atoms with Crippen LogP contribution in [0.25, 0.3) is 0 Å². The average Bonchev–Trinajstić information content (AvgIpc) is 2.14. The number of carbonyl (C=O) groups is 1. The smallest absolute Gasteiger partial charge is 0.323 e. The van der Waals surface area contributed by atoms with Crippen molar-refractivity contribution in [2.45, 2.75) is 19.1 Å². The average molecular weight is 145 g/mol. The van der Waals surface area contributed by atoms with Gasteiger partial charge in [-0.2, -0.15) is 0 Å². The van der Waals surface area contributed by atoms with Gasteiger partial charge in [0.15, 0.2) is 0 Å². The molecule has 0 aliphatic carbocycles. The van der Waals surface area contributed by atoms with Gasteiger partial charge >= 0.3 is 5.97 Å². The van der Waals surface area contributed by atoms with Crippen LogP contribution in [0.1, 0.15) is 6.92 Å². The molecule has 4 nitrogen and oxygen atoms in total. The Morgan fingerprint density at radius 1 is 1.70 bits per heavy atom. The van der Waals surface area contributed by atoms with Gasteiger partial charge in [-0.15, -0.1) is 0 Å². The zero-order valence-corrected chi connectivity index (χ0v) is 5.74. The molecule has 0 bridgehead atoms. The third kappa shape index (κ3) is 1.12. The van der Waals surface area contributed by atoms with Crippen LogP contribution >= 0.6 is 0 Å². The zero-order chi connectivity index (χ0) is 7.72. The molecular formula is C6H11NO3. The first-order valence-corrected chi connectivity index (χ1v) is 3.27. The number of aliphatic hydroxyl groups excluding tert-OH is 1. The summed E-state index contributed by atoms with van der Waals surface area (Å²) in [6.45, 7) is 2.40. The minimum Gasteiger partial charge on any atom is -0.480 e. The van der Waals surface area contributed by atoms with Crippen LogP contribution in [0, 0.1) is 5.92 Å². The minimum absolute atomic E-state index is 0.0427. The fraction of sp³-hybridized carbons (Fsp3) is 0.833. The van der Waals surface area contributed by atoms with E-state index >= 15 is 0 Å². The Labute approximate surface area is 58.9 Å². The third-order valence-electron chi connectivity index (χ3n) is 1.85. The second-order valence-corrected chi connectivity index (χ2v) is 2.69. The molecule has 0 amide bonds. The summed E-state index contributed by atoms with van der Waals surface area (Å²) in [5.74, 6) is -0.932. The van der Waals surface area contributed by atoms with Gasteiger partial charge in [0.2, 0.25) is 0 Å². The Balaban J connectivity index is 2.57. The van der Waals surface area contributed by atoms with Crippen LogP contribution < -0.4 is 5.32 Å². The molecule has 1 rings (SSSR count). The van der Waals surface area contributed by atoms with E-state index in [-0.39, 0.29) is 5.92 Å². The molecule has 0 aromatic rings. The van der Waals surface area contributed by atoms with E-state index in [0.29, 0.717) is 6.54 Å². The number of aliphatic hydroxyl groups is 1. The molecule has 3 atom stereocenters. The number of nitrogens with one attached hydrogen (secondary N) is 1. The molecule has 0 aromatic carbocycles. The molecule has 0 spiro atoms. The number of rotatable bonds is 1. The molecule has 1 fully saturated rings. The first-order valence-electron chi connectivity index (χ1n) is 3.27. The van der Waals surface area contributed by atoms with Gasteiger partial charge in [-0.3, -0.25) is 4.79 Å². The van der Waals surface area contributed by atoms with Gasteiger partial charge < -0.3 is 15.5 Å². The lowest BCUT2D eigenvalue weighted by Gasteiger charge is -2.10. The first kappa shape index (κ1) is 7.50. The molecule has 1 heterocycles. The quantitative estimate of drug-likeness (QED) is 0.444. The molecular weight excluding hydrogens is 134 g/mol. The van der Waals surface area contributed by atoms with Crippen molar-refractivity contribution < 1.29 is 15.0 Å². The van der Waals surface area contributed by atoms with E-state index < -0.39 is 18.1 Å². The van der Waals surface area contributed by atoms with E-state index in [1.54, 1.807) is 0 Å². The Morgan fingerprint density at radius 2 is 2.30 bits per heavy atom. The van der Waals surface area contributed by atoms with Crippen molar-refractivity contribution in [1.29, 1.82) is 0 Å². The topological polar surface area (TPSA) is 69.6 Å². The summed E-state index contributed by atoms with van der Waals surface area (Å²) in [6.07, 6.45) is -0.738. The second kappa shape index (κ2) is 2.56. The summed E-state index contributed by atoms with van der Waals surface area (Å²) < 4.78 is 0. The summed E-state index contributed by atoms with van der Waals surface area (Å²) in [5.41, 5.74) is 0. The van der Waals surface area contributed by atoms with Gasteiger partial charge in [0.05, 0.1) is 6.10 Å². The van der Waals surface area contributed by atoms with Crippen molar-refractivity contribution in [1.82, 2.24) is 5.32 Å². The highest BCUT2D eigenvalue weighted by Gasteiger charge is 2.35. The van der Waals surface area contributed by atoms with Crippen LogP contribution in [0.4, 0.5) is 0 Å². The fourth-order valence-electron chi connectivity index (χ4n) is 1.12. The maximum absolute atomic E-state index is 10.3. The van der Waals surface area contributed by atoms with Crippen molar-refractivity contribution >= 4 is 5.97 Å². The largest absolute Gasteiger partial charge is 0.480 e.